The highest BCUT2D eigenvalue weighted by Gasteiger charge is 2.42. The van der Waals surface area contributed by atoms with Gasteiger partial charge in [-0.1, -0.05) is 6.07 Å². The number of aromatic nitrogens is 1. The number of aromatic hydroxyl groups is 1. The summed E-state index contributed by atoms with van der Waals surface area (Å²) >= 11 is 2.05. The Morgan fingerprint density at radius 1 is 1.19 bits per heavy atom. The highest BCUT2D eigenvalue weighted by molar-refractivity contribution is 8.00. The summed E-state index contributed by atoms with van der Waals surface area (Å²) in [4.78, 5) is 15.4. The van der Waals surface area contributed by atoms with Crippen molar-refractivity contribution in [2.75, 3.05) is 11.8 Å². The lowest BCUT2D eigenvalue weighted by Crippen LogP contribution is -2.27. The maximum absolute atomic E-state index is 15.1. The van der Waals surface area contributed by atoms with E-state index < -0.39 is 41.0 Å². The second-order valence-electron chi connectivity index (χ2n) is 8.49. The number of carboxylic acid groups (broad SMARTS) is 1. The number of phenolic OH excluding ortho intramolecular Hbond substituents is 1. The Hall–Kier alpha value is -3.06. The number of benzene rings is 2. The van der Waals surface area contributed by atoms with Crippen LogP contribution in [0.25, 0.3) is 10.6 Å². The van der Waals surface area contributed by atoms with Gasteiger partial charge in [-0.25, -0.2) is 18.6 Å². The molecule has 1 aliphatic carbocycles. The predicted molar refractivity (Wildman–Crippen MR) is 129 cm³/mol. The minimum Gasteiger partial charge on any atom is -0.505 e. The van der Waals surface area contributed by atoms with E-state index in [1.54, 1.807) is 5.38 Å². The van der Waals surface area contributed by atoms with Gasteiger partial charge in [-0.3, -0.25) is 0 Å². The summed E-state index contributed by atoms with van der Waals surface area (Å²) in [7, 11) is 1.30. The molecule has 1 aromatic heterocycles. The standard InChI is InChI=1S/C24H21F5N2O4S2/c1-35-18-8-15(23(33)34)16(25)9-17(18)31-37-19-10-36-22(30-19)14-7-6-13(21(32)20(14)26)11-2-4-12(5-3-11)24(27,28)29/h6-12,31-32H,2-5H2,1H3,(H,33,34). The van der Waals surface area contributed by atoms with Gasteiger partial charge in [-0.2, -0.15) is 13.2 Å². The molecule has 0 radical (unpaired) electrons. The molecule has 1 heterocycles. The van der Waals surface area contributed by atoms with E-state index in [1.165, 1.54) is 19.2 Å². The van der Waals surface area contributed by atoms with Crippen molar-refractivity contribution < 1.29 is 41.7 Å². The molecule has 37 heavy (non-hydrogen) atoms. The Balaban J connectivity index is 1.47. The topological polar surface area (TPSA) is 91.7 Å². The van der Waals surface area contributed by atoms with Gasteiger partial charge in [0.1, 0.15) is 21.6 Å². The fourth-order valence-corrected chi connectivity index (χ4v) is 5.91. The number of aromatic carboxylic acids is 1. The van der Waals surface area contributed by atoms with Gasteiger partial charge in [0.25, 0.3) is 0 Å². The fraction of sp³-hybridized carbons (Fsp3) is 0.333. The van der Waals surface area contributed by atoms with E-state index in [2.05, 4.69) is 9.71 Å². The summed E-state index contributed by atoms with van der Waals surface area (Å²) in [5, 5.41) is 21.8. The molecule has 1 fully saturated rings. The molecule has 0 amide bonds. The normalized spacial score (nSPS) is 18.0. The van der Waals surface area contributed by atoms with Gasteiger partial charge in [0.15, 0.2) is 11.6 Å². The third kappa shape index (κ3) is 5.77. The molecule has 0 bridgehead atoms. The lowest BCUT2D eigenvalue weighted by Gasteiger charge is -2.30. The smallest absolute Gasteiger partial charge is 0.391 e. The lowest BCUT2D eigenvalue weighted by atomic mass is 9.78. The van der Waals surface area contributed by atoms with Crippen LogP contribution in [0.5, 0.6) is 11.5 Å². The molecule has 3 N–H and O–H groups in total. The van der Waals surface area contributed by atoms with Crippen molar-refractivity contribution >= 4 is 34.9 Å². The lowest BCUT2D eigenvalue weighted by molar-refractivity contribution is -0.182. The first-order valence-corrected chi connectivity index (χ1v) is 12.8. The van der Waals surface area contributed by atoms with Gasteiger partial charge >= 0.3 is 12.1 Å². The summed E-state index contributed by atoms with van der Waals surface area (Å²) in [5.41, 5.74) is -0.0569. The summed E-state index contributed by atoms with van der Waals surface area (Å²) in [5.74, 6) is -5.53. The van der Waals surface area contributed by atoms with Gasteiger partial charge < -0.3 is 19.7 Å². The third-order valence-electron chi connectivity index (χ3n) is 6.28. The van der Waals surface area contributed by atoms with Crippen molar-refractivity contribution in [1.82, 2.24) is 4.98 Å². The number of hydrogen-bond donors (Lipinski definition) is 3. The van der Waals surface area contributed by atoms with E-state index in [9.17, 15) is 27.5 Å². The number of carbonyl (C=O) groups is 1. The molecule has 0 unspecified atom stereocenters. The highest BCUT2D eigenvalue weighted by atomic mass is 32.2. The summed E-state index contributed by atoms with van der Waals surface area (Å²) in [6, 6.07) is 4.99. The Morgan fingerprint density at radius 3 is 2.51 bits per heavy atom. The van der Waals surface area contributed by atoms with Gasteiger partial charge in [-0.15, -0.1) is 11.3 Å². The summed E-state index contributed by atoms with van der Waals surface area (Å²) in [6.45, 7) is 0. The molecule has 6 nitrogen and oxygen atoms in total. The molecule has 0 spiro atoms. The number of halogens is 5. The molecule has 198 valence electrons. The maximum Gasteiger partial charge on any atom is 0.391 e. The Bertz CT molecular complexity index is 1310. The molecule has 1 saturated carbocycles. The van der Waals surface area contributed by atoms with E-state index in [-0.39, 0.29) is 59.2 Å². The molecular formula is C24H21F5N2O4S2. The van der Waals surface area contributed by atoms with Crippen molar-refractivity contribution in [2.24, 2.45) is 5.92 Å². The molecule has 4 rings (SSSR count). The number of nitrogens with one attached hydrogen (secondary N) is 1. The minimum absolute atomic E-state index is 0.0384. The zero-order chi connectivity index (χ0) is 26.9. The van der Waals surface area contributed by atoms with Crippen molar-refractivity contribution in [3.63, 3.8) is 0 Å². The van der Waals surface area contributed by atoms with Crippen LogP contribution in [-0.4, -0.2) is 34.5 Å². The third-order valence-corrected chi connectivity index (χ3v) is 8.04. The largest absolute Gasteiger partial charge is 0.505 e. The average Bonchev–Trinajstić information content (AvgIpc) is 3.32. The average molecular weight is 561 g/mol. The maximum atomic E-state index is 15.1. The van der Waals surface area contributed by atoms with Crippen molar-refractivity contribution in [3.05, 3.63) is 52.4 Å². The van der Waals surface area contributed by atoms with Crippen LogP contribution in [0, 0.1) is 17.6 Å². The van der Waals surface area contributed by atoms with Gasteiger partial charge in [-0.05, 0) is 43.7 Å². The molecule has 3 aromatic rings. The second-order valence-corrected chi connectivity index (χ2v) is 10.2. The second kappa shape index (κ2) is 10.7. The number of nitrogens with zero attached hydrogens (tertiary/aromatic N) is 1. The molecule has 1 aliphatic rings. The Morgan fingerprint density at radius 2 is 1.89 bits per heavy atom. The number of phenols is 1. The number of ether oxygens (including phenoxy) is 1. The van der Waals surface area contributed by atoms with Crippen molar-refractivity contribution in [1.29, 1.82) is 0 Å². The quantitative estimate of drug-likeness (QED) is 0.204. The predicted octanol–water partition coefficient (Wildman–Crippen LogP) is 7.46. The highest BCUT2D eigenvalue weighted by Crippen LogP contribution is 2.46. The van der Waals surface area contributed by atoms with Gasteiger partial charge in [0, 0.05) is 29.0 Å². The van der Waals surface area contributed by atoms with Crippen LogP contribution in [-0.2, 0) is 0 Å². The number of anilines is 1. The molecule has 0 saturated heterocycles. The van der Waals surface area contributed by atoms with E-state index in [0.29, 0.717) is 5.03 Å². The van der Waals surface area contributed by atoms with Crippen LogP contribution in [0.2, 0.25) is 0 Å². The number of alkyl halides is 3. The Labute approximate surface area is 216 Å². The molecule has 0 aliphatic heterocycles. The SMILES string of the molecule is COc1cc(C(=O)O)c(F)cc1NSc1csc(-c2ccc(C3CCC(C(F)(F)F)CC3)c(O)c2F)n1. The molecule has 13 heteroatoms. The zero-order valence-electron chi connectivity index (χ0n) is 19.2. The van der Waals surface area contributed by atoms with Crippen molar-refractivity contribution in [2.45, 2.75) is 42.8 Å². The number of hydrogen-bond acceptors (Lipinski definition) is 7. The van der Waals surface area contributed by atoms with Crippen LogP contribution in [0.1, 0.15) is 47.5 Å². The first-order valence-electron chi connectivity index (χ1n) is 11.1. The fourth-order valence-electron chi connectivity index (χ4n) is 4.31. The monoisotopic (exact) mass is 560 g/mol. The van der Waals surface area contributed by atoms with E-state index in [4.69, 9.17) is 9.84 Å². The van der Waals surface area contributed by atoms with Crippen LogP contribution < -0.4 is 9.46 Å². The van der Waals surface area contributed by atoms with E-state index >= 15 is 4.39 Å². The van der Waals surface area contributed by atoms with Crippen LogP contribution in [0.15, 0.2) is 34.7 Å². The van der Waals surface area contributed by atoms with E-state index in [1.807, 2.05) is 0 Å². The molecule has 2 aromatic carbocycles. The minimum atomic E-state index is -4.25. The molecular weight excluding hydrogens is 539 g/mol. The first kappa shape index (κ1) is 27.0. The molecule has 0 atom stereocenters. The van der Waals surface area contributed by atoms with Crippen LogP contribution in [0.4, 0.5) is 27.6 Å². The Kier molecular flexibility index (Phi) is 7.83. The number of thiazole rings is 1. The first-order chi connectivity index (χ1) is 17.5. The summed E-state index contributed by atoms with van der Waals surface area (Å²) < 4.78 is 75.9. The van der Waals surface area contributed by atoms with Crippen LogP contribution >= 0.6 is 23.3 Å². The zero-order valence-corrected chi connectivity index (χ0v) is 20.9. The van der Waals surface area contributed by atoms with E-state index in [0.717, 1.165) is 35.4 Å². The van der Waals surface area contributed by atoms with Crippen LogP contribution in [0.3, 0.4) is 0 Å². The summed E-state index contributed by atoms with van der Waals surface area (Å²) in [6.07, 6.45) is -3.97. The van der Waals surface area contributed by atoms with Crippen molar-refractivity contribution in [3.8, 4) is 22.1 Å². The van der Waals surface area contributed by atoms with Gasteiger partial charge in [0.05, 0.1) is 29.8 Å². The number of methoxy groups -OCH3 is 1. The van der Waals surface area contributed by atoms with Gasteiger partial charge in [0.2, 0.25) is 0 Å². The number of carboxylic acids is 1. The number of rotatable bonds is 7.